The van der Waals surface area contributed by atoms with Crippen molar-refractivity contribution >= 4 is 5.91 Å². The normalized spacial score (nSPS) is 19.2. The third kappa shape index (κ3) is 5.39. The van der Waals surface area contributed by atoms with E-state index < -0.39 is 12.8 Å². The molecule has 1 aliphatic heterocycles. The lowest BCUT2D eigenvalue weighted by atomic mass is 9.89. The highest BCUT2D eigenvalue weighted by Crippen LogP contribution is 2.25. The van der Waals surface area contributed by atoms with Gasteiger partial charge in [-0.25, -0.2) is 4.98 Å². The van der Waals surface area contributed by atoms with Gasteiger partial charge in [0.15, 0.2) is 6.61 Å². The molecule has 1 unspecified atom stereocenters. The number of carbonyl (C=O) groups excluding carboxylic acids is 1. The SMILES string of the molecule is CC(C)C1CCCN(C(=O)c2cccc(OCC(F)(F)F)n2)CC1. The van der Waals surface area contributed by atoms with Gasteiger partial charge in [0.25, 0.3) is 5.91 Å². The fraction of sp³-hybridized carbons (Fsp3) is 0.647. The molecule has 0 aromatic carbocycles. The van der Waals surface area contributed by atoms with E-state index in [9.17, 15) is 18.0 Å². The molecule has 1 fully saturated rings. The van der Waals surface area contributed by atoms with Crippen molar-refractivity contribution in [2.24, 2.45) is 11.8 Å². The first-order chi connectivity index (χ1) is 11.3. The Bertz CT molecular complexity index is 561. The summed E-state index contributed by atoms with van der Waals surface area (Å²) in [5.74, 6) is 0.736. The van der Waals surface area contributed by atoms with Crippen molar-refractivity contribution in [1.29, 1.82) is 0 Å². The Morgan fingerprint density at radius 1 is 1.33 bits per heavy atom. The number of carbonyl (C=O) groups is 1. The topological polar surface area (TPSA) is 42.4 Å². The summed E-state index contributed by atoms with van der Waals surface area (Å²) in [6, 6.07) is 4.31. The summed E-state index contributed by atoms with van der Waals surface area (Å²) in [5, 5.41) is 0. The number of pyridine rings is 1. The molecule has 2 heterocycles. The van der Waals surface area contributed by atoms with E-state index >= 15 is 0 Å². The second-order valence-corrected chi connectivity index (χ2v) is 6.49. The second kappa shape index (κ2) is 7.85. The Morgan fingerprint density at radius 2 is 2.08 bits per heavy atom. The number of likely N-dealkylation sites (tertiary alicyclic amines) is 1. The standard InChI is InChI=1S/C17H23F3N2O2/c1-12(2)13-5-4-9-22(10-8-13)16(23)14-6-3-7-15(21-14)24-11-17(18,19)20/h3,6-7,12-13H,4-5,8-11H2,1-2H3. The average Bonchev–Trinajstić information content (AvgIpc) is 2.78. The highest BCUT2D eigenvalue weighted by molar-refractivity contribution is 5.92. The highest BCUT2D eigenvalue weighted by Gasteiger charge is 2.29. The first-order valence-electron chi connectivity index (χ1n) is 8.22. The van der Waals surface area contributed by atoms with Gasteiger partial charge < -0.3 is 9.64 Å². The van der Waals surface area contributed by atoms with Crippen molar-refractivity contribution in [3.8, 4) is 5.88 Å². The summed E-state index contributed by atoms with van der Waals surface area (Å²) >= 11 is 0. The van der Waals surface area contributed by atoms with Crippen LogP contribution in [-0.2, 0) is 0 Å². The van der Waals surface area contributed by atoms with Gasteiger partial charge in [-0.3, -0.25) is 4.79 Å². The first-order valence-corrected chi connectivity index (χ1v) is 8.22. The number of aromatic nitrogens is 1. The van der Waals surface area contributed by atoms with E-state index in [-0.39, 0.29) is 17.5 Å². The molecule has 0 N–H and O–H groups in total. The number of rotatable bonds is 4. The summed E-state index contributed by atoms with van der Waals surface area (Å²) < 4.78 is 41.2. The minimum Gasteiger partial charge on any atom is -0.468 e. The van der Waals surface area contributed by atoms with Crippen LogP contribution in [0.3, 0.4) is 0 Å². The molecule has 0 bridgehead atoms. The van der Waals surface area contributed by atoms with Gasteiger partial charge in [-0.15, -0.1) is 0 Å². The molecular formula is C17H23F3N2O2. The van der Waals surface area contributed by atoms with Gasteiger partial charge in [-0.2, -0.15) is 13.2 Å². The molecule has 0 saturated carbocycles. The second-order valence-electron chi connectivity index (χ2n) is 6.49. The van der Waals surface area contributed by atoms with Crippen LogP contribution < -0.4 is 4.74 Å². The number of ether oxygens (including phenoxy) is 1. The largest absolute Gasteiger partial charge is 0.468 e. The Kier molecular flexibility index (Phi) is 6.07. The van der Waals surface area contributed by atoms with E-state index in [1.54, 1.807) is 4.90 Å². The molecule has 1 aromatic rings. The van der Waals surface area contributed by atoms with Crippen LogP contribution in [0, 0.1) is 11.8 Å². The zero-order valence-corrected chi connectivity index (χ0v) is 14.0. The summed E-state index contributed by atoms with van der Waals surface area (Å²) in [7, 11) is 0. The number of hydrogen-bond donors (Lipinski definition) is 0. The molecule has 7 heteroatoms. The summed E-state index contributed by atoms with van der Waals surface area (Å²) in [6.07, 6.45) is -1.48. The van der Waals surface area contributed by atoms with Crippen LogP contribution >= 0.6 is 0 Å². The molecule has 1 amide bonds. The summed E-state index contributed by atoms with van der Waals surface area (Å²) in [6.45, 7) is 4.25. The van der Waals surface area contributed by atoms with Gasteiger partial charge in [0.1, 0.15) is 5.69 Å². The maximum atomic E-state index is 12.6. The predicted octanol–water partition coefficient (Wildman–Crippen LogP) is 3.92. The molecule has 1 saturated heterocycles. The van der Waals surface area contributed by atoms with Gasteiger partial charge in [0.2, 0.25) is 5.88 Å². The maximum Gasteiger partial charge on any atom is 0.422 e. The average molecular weight is 344 g/mol. The van der Waals surface area contributed by atoms with E-state index in [4.69, 9.17) is 0 Å². The third-order valence-corrected chi connectivity index (χ3v) is 4.33. The molecular weight excluding hydrogens is 321 g/mol. The maximum absolute atomic E-state index is 12.6. The fourth-order valence-electron chi connectivity index (χ4n) is 2.92. The van der Waals surface area contributed by atoms with E-state index in [1.807, 2.05) is 0 Å². The van der Waals surface area contributed by atoms with Crippen molar-refractivity contribution in [2.45, 2.75) is 39.3 Å². The lowest BCUT2D eigenvalue weighted by Crippen LogP contribution is -2.32. The lowest BCUT2D eigenvalue weighted by Gasteiger charge is -2.21. The van der Waals surface area contributed by atoms with Crippen molar-refractivity contribution in [3.63, 3.8) is 0 Å². The van der Waals surface area contributed by atoms with E-state index in [0.29, 0.717) is 24.9 Å². The molecule has 1 aliphatic rings. The summed E-state index contributed by atoms with van der Waals surface area (Å²) in [5.41, 5.74) is 0.123. The molecule has 24 heavy (non-hydrogen) atoms. The van der Waals surface area contributed by atoms with Crippen LogP contribution in [0.5, 0.6) is 5.88 Å². The van der Waals surface area contributed by atoms with E-state index in [1.165, 1.54) is 18.2 Å². The Hall–Kier alpha value is -1.79. The van der Waals surface area contributed by atoms with E-state index in [2.05, 4.69) is 23.6 Å². The van der Waals surface area contributed by atoms with Crippen LogP contribution in [0.25, 0.3) is 0 Å². The van der Waals surface area contributed by atoms with Crippen LogP contribution in [0.1, 0.15) is 43.6 Å². The third-order valence-electron chi connectivity index (χ3n) is 4.33. The van der Waals surface area contributed by atoms with Gasteiger partial charge >= 0.3 is 6.18 Å². The number of amides is 1. The monoisotopic (exact) mass is 344 g/mol. The first kappa shape index (κ1) is 18.5. The number of halogens is 3. The molecule has 1 aromatic heterocycles. The van der Waals surface area contributed by atoms with Crippen LogP contribution in [0.2, 0.25) is 0 Å². The number of hydrogen-bond acceptors (Lipinski definition) is 3. The van der Waals surface area contributed by atoms with Gasteiger partial charge in [0.05, 0.1) is 0 Å². The minimum atomic E-state index is -4.43. The molecule has 4 nitrogen and oxygen atoms in total. The van der Waals surface area contributed by atoms with Gasteiger partial charge in [-0.05, 0) is 37.2 Å². The zero-order valence-electron chi connectivity index (χ0n) is 14.0. The Morgan fingerprint density at radius 3 is 2.75 bits per heavy atom. The van der Waals surface area contributed by atoms with Gasteiger partial charge in [0, 0.05) is 19.2 Å². The molecule has 0 spiro atoms. The minimum absolute atomic E-state index is 0.123. The van der Waals surface area contributed by atoms with Crippen LogP contribution in [0.15, 0.2) is 18.2 Å². The van der Waals surface area contributed by atoms with Crippen molar-refractivity contribution < 1.29 is 22.7 Å². The van der Waals surface area contributed by atoms with Crippen LogP contribution in [0.4, 0.5) is 13.2 Å². The molecule has 2 rings (SSSR count). The molecule has 134 valence electrons. The van der Waals surface area contributed by atoms with Crippen molar-refractivity contribution in [2.75, 3.05) is 19.7 Å². The highest BCUT2D eigenvalue weighted by atomic mass is 19.4. The Balaban J connectivity index is 2.01. The van der Waals surface area contributed by atoms with Crippen molar-refractivity contribution in [3.05, 3.63) is 23.9 Å². The predicted molar refractivity (Wildman–Crippen MR) is 83.9 cm³/mol. The molecule has 0 aliphatic carbocycles. The molecule has 1 atom stereocenters. The fourth-order valence-corrected chi connectivity index (χ4v) is 2.92. The number of alkyl halides is 3. The van der Waals surface area contributed by atoms with Crippen LogP contribution in [-0.4, -0.2) is 41.7 Å². The van der Waals surface area contributed by atoms with Gasteiger partial charge in [-0.1, -0.05) is 19.9 Å². The quantitative estimate of drug-likeness (QED) is 0.831. The number of nitrogens with zero attached hydrogens (tertiary/aromatic N) is 2. The zero-order chi connectivity index (χ0) is 17.7. The lowest BCUT2D eigenvalue weighted by molar-refractivity contribution is -0.154. The smallest absolute Gasteiger partial charge is 0.422 e. The van der Waals surface area contributed by atoms with E-state index in [0.717, 1.165) is 19.3 Å². The molecule has 0 radical (unpaired) electrons. The Labute approximate surface area is 140 Å². The van der Waals surface area contributed by atoms with Crippen molar-refractivity contribution in [1.82, 2.24) is 9.88 Å². The summed E-state index contributed by atoms with van der Waals surface area (Å²) in [4.78, 5) is 18.2.